The van der Waals surface area contributed by atoms with Gasteiger partial charge in [0.25, 0.3) is 0 Å². The molecule has 1 aromatic carbocycles. The molecule has 1 amide bonds. The summed E-state index contributed by atoms with van der Waals surface area (Å²) in [5.74, 6) is -0.0149. The average Bonchev–Trinajstić information content (AvgIpc) is 2.89. The number of nitrogens with zero attached hydrogens (tertiary/aromatic N) is 3. The molecular formula is C20H21F3N4O. The van der Waals surface area contributed by atoms with Gasteiger partial charge in [-0.25, -0.2) is 9.67 Å². The summed E-state index contributed by atoms with van der Waals surface area (Å²) in [5, 5.41) is 6.78. The highest BCUT2D eigenvalue weighted by molar-refractivity contribution is 5.92. The molecule has 0 spiro atoms. The smallest absolute Gasteiger partial charge is 0.324 e. The summed E-state index contributed by atoms with van der Waals surface area (Å²) < 4.78 is 41.4. The number of benzene rings is 1. The van der Waals surface area contributed by atoms with Gasteiger partial charge in [0.2, 0.25) is 5.91 Å². The second-order valence-corrected chi connectivity index (χ2v) is 7.08. The van der Waals surface area contributed by atoms with E-state index in [0.717, 1.165) is 11.6 Å². The molecule has 0 aliphatic carbocycles. The van der Waals surface area contributed by atoms with Crippen molar-refractivity contribution in [1.82, 2.24) is 14.8 Å². The van der Waals surface area contributed by atoms with E-state index in [0.29, 0.717) is 11.6 Å². The fraction of sp³-hybridized carbons (Fsp3) is 0.350. The van der Waals surface area contributed by atoms with E-state index in [1.54, 1.807) is 12.1 Å². The summed E-state index contributed by atoms with van der Waals surface area (Å²) in [6.45, 7) is 6.88. The van der Waals surface area contributed by atoms with Crippen molar-refractivity contribution < 1.29 is 18.0 Å². The van der Waals surface area contributed by atoms with Crippen LogP contribution in [-0.4, -0.2) is 20.7 Å². The molecule has 0 bridgehead atoms. The third-order valence-corrected chi connectivity index (χ3v) is 4.47. The van der Waals surface area contributed by atoms with Gasteiger partial charge in [-0.2, -0.15) is 18.3 Å². The monoisotopic (exact) mass is 390 g/mol. The Hall–Kier alpha value is -2.90. The molecule has 5 nitrogen and oxygen atoms in total. The third kappa shape index (κ3) is 4.00. The van der Waals surface area contributed by atoms with E-state index in [9.17, 15) is 18.0 Å². The van der Waals surface area contributed by atoms with E-state index < -0.39 is 17.6 Å². The van der Waals surface area contributed by atoms with Crippen LogP contribution in [0.4, 0.5) is 18.9 Å². The summed E-state index contributed by atoms with van der Waals surface area (Å²) in [6.07, 6.45) is -4.52. The van der Waals surface area contributed by atoms with Gasteiger partial charge in [-0.05, 0) is 43.5 Å². The minimum Gasteiger partial charge on any atom is -0.324 e. The molecule has 0 atom stereocenters. The number of anilines is 1. The van der Waals surface area contributed by atoms with Gasteiger partial charge >= 0.3 is 6.18 Å². The number of pyridine rings is 1. The number of amides is 1. The van der Waals surface area contributed by atoms with E-state index in [1.807, 2.05) is 12.1 Å². The predicted molar refractivity (Wildman–Crippen MR) is 101 cm³/mol. The van der Waals surface area contributed by atoms with Gasteiger partial charge in [0.1, 0.15) is 6.54 Å². The SMILES string of the molecule is Cc1cc(C(F)(F)F)c2c(C)nn(CC(=O)Nc3ccc(C(C)C)cc3)c2n1. The normalized spacial score (nSPS) is 12.0. The Morgan fingerprint density at radius 1 is 1.18 bits per heavy atom. The first-order valence-electron chi connectivity index (χ1n) is 8.88. The first-order chi connectivity index (χ1) is 13.1. The summed E-state index contributed by atoms with van der Waals surface area (Å²) in [7, 11) is 0. The average molecular weight is 390 g/mol. The molecule has 148 valence electrons. The van der Waals surface area contributed by atoms with Crippen molar-refractivity contribution in [3.05, 3.63) is 52.8 Å². The maximum Gasteiger partial charge on any atom is 0.417 e. The summed E-state index contributed by atoms with van der Waals surface area (Å²) in [6, 6.07) is 8.44. The molecule has 2 aromatic heterocycles. The Morgan fingerprint density at radius 3 is 2.39 bits per heavy atom. The van der Waals surface area contributed by atoms with Gasteiger partial charge in [-0.15, -0.1) is 0 Å². The van der Waals surface area contributed by atoms with Gasteiger partial charge in [0.15, 0.2) is 5.65 Å². The molecular weight excluding hydrogens is 369 g/mol. The molecule has 8 heteroatoms. The number of hydrogen-bond acceptors (Lipinski definition) is 3. The van der Waals surface area contributed by atoms with Crippen LogP contribution in [0.15, 0.2) is 30.3 Å². The van der Waals surface area contributed by atoms with Crippen LogP contribution in [-0.2, 0) is 17.5 Å². The van der Waals surface area contributed by atoms with Gasteiger partial charge in [-0.1, -0.05) is 26.0 Å². The second kappa shape index (κ2) is 7.26. The number of halogens is 3. The number of aryl methyl sites for hydroxylation is 2. The third-order valence-electron chi connectivity index (χ3n) is 4.47. The summed E-state index contributed by atoms with van der Waals surface area (Å²) in [4.78, 5) is 16.6. The lowest BCUT2D eigenvalue weighted by molar-refractivity contribution is -0.136. The molecule has 3 rings (SSSR count). The Kier molecular flexibility index (Phi) is 5.14. The molecule has 0 aliphatic heterocycles. The zero-order valence-electron chi connectivity index (χ0n) is 16.1. The number of carbonyl (C=O) groups excluding carboxylic acids is 1. The van der Waals surface area contributed by atoms with Crippen LogP contribution in [0, 0.1) is 13.8 Å². The van der Waals surface area contributed by atoms with Crippen molar-refractivity contribution in [3.63, 3.8) is 0 Å². The van der Waals surface area contributed by atoms with E-state index in [4.69, 9.17) is 0 Å². The Balaban J connectivity index is 1.88. The number of nitrogens with one attached hydrogen (secondary N) is 1. The molecule has 0 unspecified atom stereocenters. The Labute approximate surface area is 160 Å². The van der Waals surface area contributed by atoms with Crippen LogP contribution in [0.5, 0.6) is 0 Å². The first kappa shape index (κ1) is 19.9. The van der Waals surface area contributed by atoms with Crippen LogP contribution >= 0.6 is 0 Å². The summed E-state index contributed by atoms with van der Waals surface area (Å²) >= 11 is 0. The lowest BCUT2D eigenvalue weighted by Gasteiger charge is -2.10. The van der Waals surface area contributed by atoms with Crippen molar-refractivity contribution in [2.24, 2.45) is 0 Å². The molecule has 28 heavy (non-hydrogen) atoms. The van der Waals surface area contributed by atoms with Crippen molar-refractivity contribution in [2.75, 3.05) is 5.32 Å². The maximum absolute atomic E-state index is 13.4. The fourth-order valence-electron chi connectivity index (χ4n) is 3.10. The van der Waals surface area contributed by atoms with Crippen molar-refractivity contribution in [1.29, 1.82) is 0 Å². The number of aromatic nitrogens is 3. The predicted octanol–water partition coefficient (Wildman–Crippen LogP) is 4.83. The zero-order valence-corrected chi connectivity index (χ0v) is 16.1. The number of hydrogen-bond donors (Lipinski definition) is 1. The van der Waals surface area contributed by atoms with Gasteiger partial charge in [-0.3, -0.25) is 4.79 Å². The van der Waals surface area contributed by atoms with E-state index in [-0.39, 0.29) is 29.0 Å². The quantitative estimate of drug-likeness (QED) is 0.694. The highest BCUT2D eigenvalue weighted by Gasteiger charge is 2.35. The van der Waals surface area contributed by atoms with Crippen LogP contribution < -0.4 is 5.32 Å². The van der Waals surface area contributed by atoms with Crippen molar-refractivity contribution >= 4 is 22.6 Å². The van der Waals surface area contributed by atoms with E-state index in [2.05, 4.69) is 29.2 Å². The Morgan fingerprint density at radius 2 is 1.82 bits per heavy atom. The van der Waals surface area contributed by atoms with Crippen molar-refractivity contribution in [3.8, 4) is 0 Å². The lowest BCUT2D eigenvalue weighted by Crippen LogP contribution is -2.20. The summed E-state index contributed by atoms with van der Waals surface area (Å²) in [5.41, 5.74) is 1.42. The molecule has 0 saturated heterocycles. The number of alkyl halides is 3. The number of rotatable bonds is 4. The van der Waals surface area contributed by atoms with Crippen LogP contribution in [0.3, 0.4) is 0 Å². The molecule has 0 radical (unpaired) electrons. The molecule has 0 fully saturated rings. The van der Waals surface area contributed by atoms with Gasteiger partial charge in [0.05, 0.1) is 16.6 Å². The minimum absolute atomic E-state index is 0.0510. The number of fused-ring (bicyclic) bond motifs is 1. The zero-order chi connectivity index (χ0) is 20.6. The standard InChI is InChI=1S/C20H21F3N4O/c1-11(2)14-5-7-15(8-6-14)25-17(28)10-27-19-18(13(4)26-27)16(20(21,22)23)9-12(3)24-19/h5-9,11H,10H2,1-4H3,(H,25,28). The molecule has 0 saturated carbocycles. The largest absolute Gasteiger partial charge is 0.417 e. The van der Waals surface area contributed by atoms with Gasteiger partial charge < -0.3 is 5.32 Å². The van der Waals surface area contributed by atoms with Crippen molar-refractivity contribution in [2.45, 2.75) is 46.3 Å². The topological polar surface area (TPSA) is 59.8 Å². The number of carbonyl (C=O) groups is 1. The lowest BCUT2D eigenvalue weighted by atomic mass is 10.0. The molecule has 2 heterocycles. The minimum atomic E-state index is -4.52. The fourth-order valence-corrected chi connectivity index (χ4v) is 3.10. The van der Waals surface area contributed by atoms with E-state index >= 15 is 0 Å². The molecule has 0 aliphatic rings. The highest BCUT2D eigenvalue weighted by Crippen LogP contribution is 2.36. The van der Waals surface area contributed by atoms with Crippen LogP contribution in [0.25, 0.3) is 11.0 Å². The highest BCUT2D eigenvalue weighted by atomic mass is 19.4. The second-order valence-electron chi connectivity index (χ2n) is 7.08. The maximum atomic E-state index is 13.4. The van der Waals surface area contributed by atoms with E-state index in [1.165, 1.54) is 18.5 Å². The van der Waals surface area contributed by atoms with Crippen LogP contribution in [0.1, 0.15) is 42.3 Å². The van der Waals surface area contributed by atoms with Gasteiger partial charge in [0, 0.05) is 11.4 Å². The Bertz CT molecular complexity index is 1020. The van der Waals surface area contributed by atoms with Crippen LogP contribution in [0.2, 0.25) is 0 Å². The molecule has 3 aromatic rings. The molecule has 1 N–H and O–H groups in total. The first-order valence-corrected chi connectivity index (χ1v) is 8.88.